The van der Waals surface area contributed by atoms with E-state index in [0.717, 1.165) is 30.7 Å². The number of azo groups is 1. The average molecular weight is 462 g/mol. The van der Waals surface area contributed by atoms with Gasteiger partial charge in [0.25, 0.3) is 0 Å². The van der Waals surface area contributed by atoms with Crippen LogP contribution in [0.3, 0.4) is 0 Å². The maximum Gasteiger partial charge on any atom is 0.416 e. The number of ether oxygens (including phenoxy) is 1. The van der Waals surface area contributed by atoms with Crippen LogP contribution < -0.4 is 0 Å². The first-order valence-corrected chi connectivity index (χ1v) is 11.2. The van der Waals surface area contributed by atoms with Gasteiger partial charge in [-0.1, -0.05) is 12.1 Å². The van der Waals surface area contributed by atoms with Gasteiger partial charge in [-0.2, -0.15) is 23.4 Å². The Morgan fingerprint density at radius 2 is 1.70 bits per heavy atom. The zero-order chi connectivity index (χ0) is 23.2. The molecule has 7 nitrogen and oxygen atoms in total. The zero-order valence-corrected chi connectivity index (χ0v) is 18.1. The molecule has 3 heterocycles. The van der Waals surface area contributed by atoms with Gasteiger partial charge in [-0.3, -0.25) is 4.79 Å². The van der Waals surface area contributed by atoms with Crippen LogP contribution in [0.2, 0.25) is 0 Å². The van der Waals surface area contributed by atoms with Crippen molar-refractivity contribution in [3.05, 3.63) is 46.7 Å². The van der Waals surface area contributed by atoms with Gasteiger partial charge >= 0.3 is 12.3 Å². The number of carbonyl (C=O) groups is 2. The first-order chi connectivity index (χ1) is 15.8. The molecule has 1 aromatic carbocycles. The summed E-state index contributed by atoms with van der Waals surface area (Å²) in [5.74, 6) is 0.577. The highest BCUT2D eigenvalue weighted by Crippen LogP contribution is 2.37. The summed E-state index contributed by atoms with van der Waals surface area (Å²) in [5, 5.41) is 8.25. The lowest BCUT2D eigenvalue weighted by molar-refractivity contribution is -0.137. The van der Waals surface area contributed by atoms with Gasteiger partial charge in [0.2, 0.25) is 5.91 Å². The third-order valence-electron chi connectivity index (χ3n) is 7.14. The molecule has 0 aromatic heterocycles. The fraction of sp³-hybridized carbons (Fsp3) is 0.565. The lowest BCUT2D eigenvalue weighted by atomic mass is 9.87. The Balaban J connectivity index is 1.09. The molecule has 0 radical (unpaired) electrons. The Labute approximate surface area is 189 Å². The van der Waals surface area contributed by atoms with E-state index in [9.17, 15) is 22.8 Å². The third kappa shape index (κ3) is 4.47. The maximum atomic E-state index is 13.0. The first-order valence-electron chi connectivity index (χ1n) is 11.2. The maximum absolute atomic E-state index is 13.0. The Morgan fingerprint density at radius 3 is 2.36 bits per heavy atom. The number of nitrogens with zero attached hydrogens (tertiary/aromatic N) is 4. The van der Waals surface area contributed by atoms with Crippen LogP contribution >= 0.6 is 0 Å². The summed E-state index contributed by atoms with van der Waals surface area (Å²) in [6.07, 6.45) is -2.46. The lowest BCUT2D eigenvalue weighted by Gasteiger charge is -2.27. The summed E-state index contributed by atoms with van der Waals surface area (Å²) < 4.78 is 43.3. The zero-order valence-electron chi connectivity index (χ0n) is 18.1. The Bertz CT molecular complexity index is 991. The van der Waals surface area contributed by atoms with E-state index in [0.29, 0.717) is 44.7 Å². The van der Waals surface area contributed by atoms with Crippen molar-refractivity contribution in [3.8, 4) is 0 Å². The molecular formula is C23H25F3N4O3. The molecule has 0 spiro atoms. The molecule has 1 aromatic rings. The van der Waals surface area contributed by atoms with Crippen molar-refractivity contribution in [2.24, 2.45) is 28.0 Å². The van der Waals surface area contributed by atoms with Crippen molar-refractivity contribution < 1.29 is 27.5 Å². The molecule has 3 atom stereocenters. The Kier molecular flexibility index (Phi) is 5.62. The van der Waals surface area contributed by atoms with Crippen molar-refractivity contribution in [2.45, 2.75) is 32.0 Å². The number of alkyl halides is 3. The molecule has 0 unspecified atom stereocenters. The van der Waals surface area contributed by atoms with Crippen LogP contribution in [-0.2, 0) is 22.3 Å². The molecule has 1 aliphatic carbocycles. The monoisotopic (exact) mass is 462 g/mol. The van der Waals surface area contributed by atoms with E-state index in [1.54, 1.807) is 4.90 Å². The highest BCUT2D eigenvalue weighted by atomic mass is 19.4. The minimum Gasteiger partial charge on any atom is -0.445 e. The molecule has 5 rings (SSSR count). The van der Waals surface area contributed by atoms with Crippen LogP contribution in [0, 0.1) is 17.8 Å². The second-order valence-corrected chi connectivity index (χ2v) is 9.31. The van der Waals surface area contributed by atoms with E-state index in [4.69, 9.17) is 4.74 Å². The standard InChI is InChI=1S/C23H25F3N4O3/c24-23(25,26)19-5-1-14(2-6-19)13-33-22(32)30-11-17-9-29(10-18(17)12-30)21(31)15-3-4-16-8-27-28-20(16)7-15/h1-2,5-6,15,17-18H,3-4,7-13H2/t15-,17+,18+/m1/s1. The molecule has 0 N–H and O–H groups in total. The Morgan fingerprint density at radius 1 is 1.03 bits per heavy atom. The van der Waals surface area contributed by atoms with Gasteiger partial charge in [-0.15, -0.1) is 0 Å². The molecule has 33 heavy (non-hydrogen) atoms. The topological polar surface area (TPSA) is 74.6 Å². The minimum atomic E-state index is -4.39. The number of allylic oxidation sites excluding steroid dienone is 1. The highest BCUT2D eigenvalue weighted by Gasteiger charge is 2.45. The third-order valence-corrected chi connectivity index (χ3v) is 7.14. The van der Waals surface area contributed by atoms with E-state index in [1.165, 1.54) is 17.7 Å². The van der Waals surface area contributed by atoms with E-state index in [2.05, 4.69) is 10.2 Å². The van der Waals surface area contributed by atoms with Gasteiger partial charge < -0.3 is 14.5 Å². The molecule has 0 saturated carbocycles. The molecule has 4 aliphatic rings. The molecule has 10 heteroatoms. The number of hydrogen-bond donors (Lipinski definition) is 0. The van der Waals surface area contributed by atoms with Gasteiger partial charge in [0.05, 0.1) is 17.8 Å². The molecule has 2 amide bonds. The fourth-order valence-electron chi connectivity index (χ4n) is 5.28. The number of rotatable bonds is 3. The SMILES string of the molecule is O=C(OCc1ccc(C(F)(F)F)cc1)N1C[C@@H]2CN(C(=O)[C@@H]3CCC4=C(C3)N=NC4)C[C@H]2C1. The molecule has 0 bridgehead atoms. The van der Waals surface area contributed by atoms with Crippen molar-refractivity contribution >= 4 is 12.0 Å². The number of hydrogen-bond acceptors (Lipinski definition) is 5. The summed E-state index contributed by atoms with van der Waals surface area (Å²) in [6.45, 7) is 2.91. The van der Waals surface area contributed by atoms with Crippen LogP contribution in [-0.4, -0.2) is 54.5 Å². The summed E-state index contributed by atoms with van der Waals surface area (Å²) in [7, 11) is 0. The van der Waals surface area contributed by atoms with Crippen LogP contribution in [0.5, 0.6) is 0 Å². The van der Waals surface area contributed by atoms with E-state index in [-0.39, 0.29) is 30.3 Å². The van der Waals surface area contributed by atoms with Crippen molar-refractivity contribution in [3.63, 3.8) is 0 Å². The van der Waals surface area contributed by atoms with Crippen LogP contribution in [0.4, 0.5) is 18.0 Å². The second kappa shape index (κ2) is 8.46. The number of benzene rings is 1. The highest BCUT2D eigenvalue weighted by molar-refractivity contribution is 5.80. The number of carbonyl (C=O) groups excluding carboxylic acids is 2. The van der Waals surface area contributed by atoms with E-state index >= 15 is 0 Å². The van der Waals surface area contributed by atoms with Gasteiger partial charge in [0.1, 0.15) is 6.61 Å². The van der Waals surface area contributed by atoms with E-state index in [1.807, 2.05) is 4.90 Å². The molecule has 3 aliphatic heterocycles. The largest absolute Gasteiger partial charge is 0.445 e. The van der Waals surface area contributed by atoms with Crippen molar-refractivity contribution in [2.75, 3.05) is 32.7 Å². The lowest BCUT2D eigenvalue weighted by Crippen LogP contribution is -2.39. The van der Waals surface area contributed by atoms with Gasteiger partial charge in [-0.25, -0.2) is 4.79 Å². The van der Waals surface area contributed by atoms with E-state index < -0.39 is 17.8 Å². The van der Waals surface area contributed by atoms with Crippen LogP contribution in [0.1, 0.15) is 30.4 Å². The molecule has 2 fully saturated rings. The van der Waals surface area contributed by atoms with Crippen molar-refractivity contribution in [1.82, 2.24) is 9.80 Å². The van der Waals surface area contributed by atoms with Gasteiger partial charge in [0, 0.05) is 50.4 Å². The number of halogens is 3. The van der Waals surface area contributed by atoms with Crippen LogP contribution in [0.25, 0.3) is 0 Å². The number of fused-ring (bicyclic) bond motifs is 1. The normalized spacial score (nSPS) is 26.6. The Hall–Kier alpha value is -2.91. The second-order valence-electron chi connectivity index (χ2n) is 9.31. The summed E-state index contributed by atoms with van der Waals surface area (Å²) >= 11 is 0. The van der Waals surface area contributed by atoms with Crippen LogP contribution in [0.15, 0.2) is 45.8 Å². The van der Waals surface area contributed by atoms with Gasteiger partial charge in [0.15, 0.2) is 0 Å². The predicted octanol–water partition coefficient (Wildman–Crippen LogP) is 4.25. The number of amides is 2. The quantitative estimate of drug-likeness (QED) is 0.674. The van der Waals surface area contributed by atoms with Gasteiger partial charge in [-0.05, 0) is 36.1 Å². The first kappa shape index (κ1) is 21.9. The smallest absolute Gasteiger partial charge is 0.416 e. The summed E-state index contributed by atoms with van der Waals surface area (Å²) in [4.78, 5) is 29.1. The average Bonchev–Trinajstić information content (AvgIpc) is 3.50. The fourth-order valence-corrected chi connectivity index (χ4v) is 5.28. The molecule has 2 saturated heterocycles. The molecular weight excluding hydrogens is 437 g/mol. The summed E-state index contributed by atoms with van der Waals surface area (Å²) in [6, 6.07) is 4.59. The summed E-state index contributed by atoms with van der Waals surface area (Å²) in [5.41, 5.74) is 2.02. The van der Waals surface area contributed by atoms with Crippen molar-refractivity contribution in [1.29, 1.82) is 0 Å². The predicted molar refractivity (Wildman–Crippen MR) is 111 cm³/mol. The number of likely N-dealkylation sites (tertiary alicyclic amines) is 2. The molecule has 176 valence electrons. The minimum absolute atomic E-state index is 0.0376.